The predicted octanol–water partition coefficient (Wildman–Crippen LogP) is 1.57. The second-order valence-corrected chi connectivity index (χ2v) is 4.96. The van der Waals surface area contributed by atoms with Gasteiger partial charge in [0, 0.05) is 0 Å². The Balaban J connectivity index is 2.72. The van der Waals surface area contributed by atoms with Crippen LogP contribution in [0.5, 0.6) is 0 Å². The fraction of sp³-hybridized carbons (Fsp3) is 1.00. The molecule has 1 aliphatic carbocycles. The first-order valence-corrected chi connectivity index (χ1v) is 5.17. The molecule has 0 spiro atoms. The van der Waals surface area contributed by atoms with Crippen molar-refractivity contribution >= 4 is 9.84 Å². The molecule has 0 radical (unpaired) electrons. The molecule has 1 saturated carbocycles. The summed E-state index contributed by atoms with van der Waals surface area (Å²) < 4.78 is 45.3. The number of hydrogen-bond acceptors (Lipinski definition) is 2. The number of hydrogen-bond donors (Lipinski definition) is 0. The van der Waals surface area contributed by atoms with E-state index in [1.807, 2.05) is 0 Å². The first-order valence-electron chi connectivity index (χ1n) is 3.56. The molecular formula is C6H10F2O2S. The Morgan fingerprint density at radius 2 is 1.64 bits per heavy atom. The zero-order valence-electron chi connectivity index (χ0n) is 5.96. The summed E-state index contributed by atoms with van der Waals surface area (Å²) in [5, 5.41) is -0.775. The summed E-state index contributed by atoms with van der Waals surface area (Å²) in [7, 11) is -4.11. The Hall–Kier alpha value is -0.190. The van der Waals surface area contributed by atoms with Crippen LogP contribution in [0.15, 0.2) is 0 Å². The Labute approximate surface area is 64.5 Å². The summed E-state index contributed by atoms with van der Waals surface area (Å²) in [6.45, 7) is 0. The fourth-order valence-corrected chi connectivity index (χ4v) is 2.64. The molecule has 0 saturated heterocycles. The highest BCUT2D eigenvalue weighted by atomic mass is 32.2. The van der Waals surface area contributed by atoms with Crippen LogP contribution in [-0.2, 0) is 9.84 Å². The summed E-state index contributed by atoms with van der Waals surface area (Å²) in [5.41, 5.74) is 0. The molecule has 0 atom stereocenters. The predicted molar refractivity (Wildman–Crippen MR) is 37.2 cm³/mol. The topological polar surface area (TPSA) is 34.1 Å². The van der Waals surface area contributed by atoms with Gasteiger partial charge in [-0.2, -0.15) is 8.78 Å². The molecule has 0 unspecified atom stereocenters. The van der Waals surface area contributed by atoms with Crippen molar-refractivity contribution in [3.8, 4) is 0 Å². The van der Waals surface area contributed by atoms with E-state index in [4.69, 9.17) is 0 Å². The molecule has 11 heavy (non-hydrogen) atoms. The molecule has 1 rings (SSSR count). The SMILES string of the molecule is O=S(=O)(C(F)F)C1CCCC1. The van der Waals surface area contributed by atoms with Gasteiger partial charge in [0.2, 0.25) is 9.84 Å². The Morgan fingerprint density at radius 3 is 2.00 bits per heavy atom. The van der Waals surface area contributed by atoms with Gasteiger partial charge in [-0.05, 0) is 12.8 Å². The van der Waals surface area contributed by atoms with Gasteiger partial charge in [-0.1, -0.05) is 12.8 Å². The van der Waals surface area contributed by atoms with E-state index in [-0.39, 0.29) is 0 Å². The molecular weight excluding hydrogens is 174 g/mol. The molecule has 66 valence electrons. The molecule has 0 bridgehead atoms. The van der Waals surface area contributed by atoms with Gasteiger partial charge in [-0.25, -0.2) is 8.42 Å². The third-order valence-electron chi connectivity index (χ3n) is 2.02. The van der Waals surface area contributed by atoms with Crippen LogP contribution < -0.4 is 0 Å². The van der Waals surface area contributed by atoms with Crippen molar-refractivity contribution in [3.63, 3.8) is 0 Å². The van der Waals surface area contributed by atoms with E-state index in [9.17, 15) is 17.2 Å². The molecule has 1 aliphatic rings. The Bertz CT molecular complexity index is 217. The Kier molecular flexibility index (Phi) is 2.47. The van der Waals surface area contributed by atoms with Crippen molar-refractivity contribution < 1.29 is 17.2 Å². The summed E-state index contributed by atoms with van der Waals surface area (Å²) in [6, 6.07) is 0. The van der Waals surface area contributed by atoms with Gasteiger partial charge in [0.25, 0.3) is 0 Å². The van der Waals surface area contributed by atoms with E-state index in [1.165, 1.54) is 0 Å². The molecule has 0 aromatic rings. The van der Waals surface area contributed by atoms with Gasteiger partial charge in [0.1, 0.15) is 0 Å². The molecule has 0 N–H and O–H groups in total. The minimum Gasteiger partial charge on any atom is -0.223 e. The average Bonchev–Trinajstić information content (AvgIpc) is 2.37. The van der Waals surface area contributed by atoms with Crippen molar-refractivity contribution in [3.05, 3.63) is 0 Å². The standard InChI is InChI=1S/C6H10F2O2S/c7-6(8)11(9,10)5-3-1-2-4-5/h5-6H,1-4H2. The monoisotopic (exact) mass is 184 g/mol. The normalized spacial score (nSPS) is 21.4. The minimum atomic E-state index is -4.11. The lowest BCUT2D eigenvalue weighted by Gasteiger charge is -2.08. The zero-order valence-corrected chi connectivity index (χ0v) is 6.78. The first-order chi connectivity index (χ1) is 5.05. The molecule has 0 aromatic heterocycles. The number of halogens is 2. The summed E-state index contributed by atoms with van der Waals surface area (Å²) in [4.78, 5) is 0. The second kappa shape index (κ2) is 3.05. The van der Waals surface area contributed by atoms with E-state index >= 15 is 0 Å². The van der Waals surface area contributed by atoms with Gasteiger partial charge < -0.3 is 0 Å². The fourth-order valence-electron chi connectivity index (χ4n) is 1.36. The summed E-state index contributed by atoms with van der Waals surface area (Å²) >= 11 is 0. The highest BCUT2D eigenvalue weighted by molar-refractivity contribution is 7.92. The van der Waals surface area contributed by atoms with Crippen molar-refractivity contribution in [2.45, 2.75) is 36.7 Å². The third-order valence-corrected chi connectivity index (χ3v) is 3.91. The number of rotatable bonds is 2. The van der Waals surface area contributed by atoms with Crippen LogP contribution >= 0.6 is 0 Å². The highest BCUT2D eigenvalue weighted by Gasteiger charge is 2.35. The lowest BCUT2D eigenvalue weighted by molar-refractivity contribution is 0.233. The van der Waals surface area contributed by atoms with E-state index in [2.05, 4.69) is 0 Å². The van der Waals surface area contributed by atoms with Crippen molar-refractivity contribution in [1.29, 1.82) is 0 Å². The van der Waals surface area contributed by atoms with Crippen LogP contribution in [-0.4, -0.2) is 19.4 Å². The Morgan fingerprint density at radius 1 is 1.18 bits per heavy atom. The highest BCUT2D eigenvalue weighted by Crippen LogP contribution is 2.27. The van der Waals surface area contributed by atoms with Gasteiger partial charge >= 0.3 is 5.76 Å². The number of sulfone groups is 1. The maximum absolute atomic E-state index is 11.9. The van der Waals surface area contributed by atoms with Crippen LogP contribution in [0, 0.1) is 0 Å². The molecule has 5 heteroatoms. The summed E-state index contributed by atoms with van der Waals surface area (Å²) in [5.74, 6) is -3.19. The lowest BCUT2D eigenvalue weighted by Crippen LogP contribution is -2.24. The minimum absolute atomic E-state index is 0.409. The van der Waals surface area contributed by atoms with Crippen molar-refractivity contribution in [1.82, 2.24) is 0 Å². The van der Waals surface area contributed by atoms with Crippen LogP contribution in [0.1, 0.15) is 25.7 Å². The second-order valence-electron chi connectivity index (χ2n) is 2.76. The van der Waals surface area contributed by atoms with Gasteiger partial charge in [0.15, 0.2) is 0 Å². The summed E-state index contributed by atoms with van der Waals surface area (Å²) in [6.07, 6.45) is 2.34. The van der Waals surface area contributed by atoms with E-state index in [1.54, 1.807) is 0 Å². The van der Waals surface area contributed by atoms with Gasteiger partial charge in [-0.3, -0.25) is 0 Å². The quantitative estimate of drug-likeness (QED) is 0.652. The maximum Gasteiger partial charge on any atom is 0.337 e. The smallest absolute Gasteiger partial charge is 0.223 e. The first kappa shape index (κ1) is 8.90. The van der Waals surface area contributed by atoms with Crippen molar-refractivity contribution in [2.24, 2.45) is 0 Å². The third kappa shape index (κ3) is 1.69. The largest absolute Gasteiger partial charge is 0.337 e. The van der Waals surface area contributed by atoms with E-state index < -0.39 is 20.8 Å². The van der Waals surface area contributed by atoms with E-state index in [0.29, 0.717) is 12.8 Å². The lowest BCUT2D eigenvalue weighted by atomic mass is 10.4. The molecule has 0 aliphatic heterocycles. The van der Waals surface area contributed by atoms with Crippen LogP contribution in [0.2, 0.25) is 0 Å². The van der Waals surface area contributed by atoms with Gasteiger partial charge in [0.05, 0.1) is 5.25 Å². The zero-order chi connectivity index (χ0) is 8.48. The molecule has 0 amide bonds. The number of alkyl halides is 2. The van der Waals surface area contributed by atoms with Crippen LogP contribution in [0.25, 0.3) is 0 Å². The van der Waals surface area contributed by atoms with Crippen LogP contribution in [0.3, 0.4) is 0 Å². The maximum atomic E-state index is 11.9. The molecule has 0 heterocycles. The average molecular weight is 184 g/mol. The van der Waals surface area contributed by atoms with Gasteiger partial charge in [-0.15, -0.1) is 0 Å². The molecule has 0 aromatic carbocycles. The van der Waals surface area contributed by atoms with Crippen LogP contribution in [0.4, 0.5) is 8.78 Å². The van der Waals surface area contributed by atoms with Crippen molar-refractivity contribution in [2.75, 3.05) is 0 Å². The van der Waals surface area contributed by atoms with E-state index in [0.717, 1.165) is 12.8 Å². The molecule has 1 fully saturated rings. The molecule has 2 nitrogen and oxygen atoms in total.